The smallest absolute Gasteiger partial charge is 0.123 e. The first-order valence-corrected chi connectivity index (χ1v) is 7.20. The summed E-state index contributed by atoms with van der Waals surface area (Å²) in [7, 11) is 1.64. The van der Waals surface area contributed by atoms with Crippen LogP contribution in [0.5, 0.6) is 5.75 Å². The predicted molar refractivity (Wildman–Crippen MR) is 80.2 cm³/mol. The van der Waals surface area contributed by atoms with Gasteiger partial charge in [-0.25, -0.2) is 4.39 Å². The first kappa shape index (κ1) is 14.8. The number of thioether (sulfide) groups is 1. The van der Waals surface area contributed by atoms with Gasteiger partial charge < -0.3 is 4.74 Å². The number of rotatable bonds is 6. The lowest BCUT2D eigenvalue weighted by Crippen LogP contribution is -2.29. The Bertz CT molecular complexity index is 531. The second-order valence-corrected chi connectivity index (χ2v) is 5.35. The van der Waals surface area contributed by atoms with E-state index < -0.39 is 0 Å². The summed E-state index contributed by atoms with van der Waals surface area (Å²) >= 11 is 1.63. The Morgan fingerprint density at radius 1 is 1.15 bits per heavy atom. The summed E-state index contributed by atoms with van der Waals surface area (Å²) in [6, 6.07) is 14.2. The van der Waals surface area contributed by atoms with E-state index >= 15 is 0 Å². The van der Waals surface area contributed by atoms with Crippen molar-refractivity contribution in [2.24, 2.45) is 5.84 Å². The molecule has 2 aromatic carbocycles. The Morgan fingerprint density at radius 2 is 1.80 bits per heavy atom. The molecule has 3 nitrogen and oxygen atoms in total. The molecule has 0 radical (unpaired) electrons. The third kappa shape index (κ3) is 3.96. The third-order valence-electron chi connectivity index (χ3n) is 2.95. The van der Waals surface area contributed by atoms with E-state index in [0.29, 0.717) is 0 Å². The maximum Gasteiger partial charge on any atom is 0.123 e. The van der Waals surface area contributed by atoms with Gasteiger partial charge in [0.05, 0.1) is 13.2 Å². The Balaban J connectivity index is 1.99. The Morgan fingerprint density at radius 3 is 2.35 bits per heavy atom. The predicted octanol–water partition coefficient (Wildman–Crippen LogP) is 3.13. The molecule has 0 saturated heterocycles. The number of ether oxygens (including phenoxy) is 1. The molecular formula is C15H17FN2OS. The highest BCUT2D eigenvalue weighted by molar-refractivity contribution is 7.99. The standard InChI is InChI=1S/C15H17FN2OS/c1-19-13-6-2-11(3-7-13)15(18-17)10-20-14-8-4-12(16)5-9-14/h2-9,15,18H,10,17H2,1H3. The van der Waals surface area contributed by atoms with Gasteiger partial charge in [0.15, 0.2) is 0 Å². The molecule has 0 heterocycles. The van der Waals surface area contributed by atoms with Crippen molar-refractivity contribution < 1.29 is 9.13 Å². The number of nitrogens with two attached hydrogens (primary N) is 1. The van der Waals surface area contributed by atoms with Crippen LogP contribution in [0.25, 0.3) is 0 Å². The molecule has 0 aliphatic rings. The maximum absolute atomic E-state index is 12.8. The lowest BCUT2D eigenvalue weighted by atomic mass is 10.1. The van der Waals surface area contributed by atoms with Gasteiger partial charge >= 0.3 is 0 Å². The number of hydrazine groups is 1. The Kier molecular flexibility index (Phi) is 5.40. The Hall–Kier alpha value is -1.56. The molecule has 106 valence electrons. The van der Waals surface area contributed by atoms with Gasteiger partial charge in [-0.3, -0.25) is 11.3 Å². The van der Waals surface area contributed by atoms with E-state index in [1.165, 1.54) is 12.1 Å². The molecule has 0 amide bonds. The average molecular weight is 292 g/mol. The van der Waals surface area contributed by atoms with Crippen LogP contribution in [0.4, 0.5) is 4.39 Å². The quantitative estimate of drug-likeness (QED) is 0.488. The molecule has 0 aliphatic carbocycles. The highest BCUT2D eigenvalue weighted by atomic mass is 32.2. The number of nitrogens with one attached hydrogen (secondary N) is 1. The zero-order valence-corrected chi connectivity index (χ0v) is 12.0. The largest absolute Gasteiger partial charge is 0.497 e. The fraction of sp³-hybridized carbons (Fsp3) is 0.200. The van der Waals surface area contributed by atoms with E-state index in [4.69, 9.17) is 10.6 Å². The van der Waals surface area contributed by atoms with Crippen LogP contribution in [-0.2, 0) is 0 Å². The summed E-state index contributed by atoms with van der Waals surface area (Å²) in [4.78, 5) is 1.01. The normalized spacial score (nSPS) is 12.2. The minimum atomic E-state index is -0.224. The highest BCUT2D eigenvalue weighted by Gasteiger charge is 2.10. The summed E-state index contributed by atoms with van der Waals surface area (Å²) in [5, 5.41) is 0. The van der Waals surface area contributed by atoms with Crippen molar-refractivity contribution in [3.8, 4) is 5.75 Å². The van der Waals surface area contributed by atoms with Gasteiger partial charge in [-0.2, -0.15) is 0 Å². The lowest BCUT2D eigenvalue weighted by molar-refractivity contribution is 0.414. The molecule has 0 fully saturated rings. The van der Waals surface area contributed by atoms with Crippen LogP contribution in [0.2, 0.25) is 0 Å². The van der Waals surface area contributed by atoms with Gasteiger partial charge in [-0.1, -0.05) is 12.1 Å². The molecular weight excluding hydrogens is 275 g/mol. The van der Waals surface area contributed by atoms with E-state index in [2.05, 4.69) is 5.43 Å². The number of hydrogen-bond donors (Lipinski definition) is 2. The van der Waals surface area contributed by atoms with Crippen molar-refractivity contribution in [3.63, 3.8) is 0 Å². The molecule has 2 aromatic rings. The molecule has 1 unspecified atom stereocenters. The third-order valence-corrected chi connectivity index (χ3v) is 4.06. The second kappa shape index (κ2) is 7.28. The van der Waals surface area contributed by atoms with Crippen LogP contribution in [0.15, 0.2) is 53.4 Å². The SMILES string of the molecule is COc1ccc(C(CSc2ccc(F)cc2)NN)cc1. The van der Waals surface area contributed by atoms with Gasteiger partial charge in [-0.05, 0) is 42.0 Å². The maximum atomic E-state index is 12.8. The number of halogens is 1. The van der Waals surface area contributed by atoms with E-state index in [-0.39, 0.29) is 11.9 Å². The number of hydrogen-bond acceptors (Lipinski definition) is 4. The van der Waals surface area contributed by atoms with Crippen LogP contribution in [0.3, 0.4) is 0 Å². The van der Waals surface area contributed by atoms with E-state index in [1.807, 2.05) is 24.3 Å². The molecule has 1 atom stereocenters. The highest BCUT2D eigenvalue weighted by Crippen LogP contribution is 2.25. The Labute approximate surface area is 122 Å². The minimum absolute atomic E-state index is 0.0240. The molecule has 0 spiro atoms. The van der Waals surface area contributed by atoms with E-state index in [9.17, 15) is 4.39 Å². The van der Waals surface area contributed by atoms with E-state index in [0.717, 1.165) is 22.0 Å². The summed E-state index contributed by atoms with van der Waals surface area (Å²) in [6.45, 7) is 0. The molecule has 0 aromatic heterocycles. The molecule has 5 heteroatoms. The van der Waals surface area contributed by atoms with Crippen LogP contribution in [0, 0.1) is 5.82 Å². The summed E-state index contributed by atoms with van der Waals surface area (Å²) in [5.41, 5.74) is 3.89. The van der Waals surface area contributed by atoms with E-state index in [1.54, 1.807) is 31.0 Å². The van der Waals surface area contributed by atoms with Crippen LogP contribution in [-0.4, -0.2) is 12.9 Å². The molecule has 0 aliphatic heterocycles. The van der Waals surface area contributed by atoms with Crippen molar-refractivity contribution in [1.29, 1.82) is 0 Å². The second-order valence-electron chi connectivity index (χ2n) is 4.26. The zero-order chi connectivity index (χ0) is 14.4. The number of methoxy groups -OCH3 is 1. The van der Waals surface area contributed by atoms with Gasteiger partial charge in [0.25, 0.3) is 0 Å². The number of benzene rings is 2. The molecule has 3 N–H and O–H groups in total. The molecule has 0 saturated carbocycles. The van der Waals surface area contributed by atoms with Crippen LogP contribution < -0.4 is 16.0 Å². The summed E-state index contributed by atoms with van der Waals surface area (Å²) in [6.07, 6.45) is 0. The van der Waals surface area contributed by atoms with Gasteiger partial charge in [-0.15, -0.1) is 11.8 Å². The lowest BCUT2D eigenvalue weighted by Gasteiger charge is -2.16. The first-order chi connectivity index (χ1) is 9.72. The zero-order valence-electron chi connectivity index (χ0n) is 11.2. The van der Waals surface area contributed by atoms with Crippen molar-refractivity contribution in [2.45, 2.75) is 10.9 Å². The first-order valence-electron chi connectivity index (χ1n) is 6.21. The fourth-order valence-electron chi connectivity index (χ4n) is 1.79. The minimum Gasteiger partial charge on any atom is -0.497 e. The summed E-state index contributed by atoms with van der Waals surface area (Å²) in [5.74, 6) is 6.96. The summed E-state index contributed by atoms with van der Waals surface area (Å²) < 4.78 is 18.0. The van der Waals surface area contributed by atoms with Gasteiger partial charge in [0, 0.05) is 10.6 Å². The molecule has 20 heavy (non-hydrogen) atoms. The van der Waals surface area contributed by atoms with Crippen molar-refractivity contribution >= 4 is 11.8 Å². The molecule has 2 rings (SSSR count). The van der Waals surface area contributed by atoms with Crippen LogP contribution >= 0.6 is 11.8 Å². The topological polar surface area (TPSA) is 47.3 Å². The van der Waals surface area contributed by atoms with Gasteiger partial charge in [0.1, 0.15) is 11.6 Å². The average Bonchev–Trinajstić information content (AvgIpc) is 2.50. The van der Waals surface area contributed by atoms with Crippen molar-refractivity contribution in [1.82, 2.24) is 5.43 Å². The fourth-order valence-corrected chi connectivity index (χ4v) is 2.76. The van der Waals surface area contributed by atoms with Crippen molar-refractivity contribution in [3.05, 3.63) is 59.9 Å². The van der Waals surface area contributed by atoms with Gasteiger partial charge in [0.2, 0.25) is 0 Å². The molecule has 0 bridgehead atoms. The van der Waals surface area contributed by atoms with Crippen LogP contribution in [0.1, 0.15) is 11.6 Å². The monoisotopic (exact) mass is 292 g/mol. The van der Waals surface area contributed by atoms with Crippen molar-refractivity contribution in [2.75, 3.05) is 12.9 Å².